The van der Waals surface area contributed by atoms with Crippen molar-refractivity contribution < 1.29 is 4.79 Å². The SMILES string of the molecule is CCCC(CCC)C(=O)CCl. The number of halogens is 1. The lowest BCUT2D eigenvalue weighted by molar-refractivity contribution is -0.120. The molecule has 0 fully saturated rings. The highest BCUT2D eigenvalue weighted by atomic mass is 35.5. The molecular formula is C9H17ClO. The summed E-state index contributed by atoms with van der Waals surface area (Å²) in [5, 5.41) is 0. The zero-order valence-corrected chi connectivity index (χ0v) is 8.16. The van der Waals surface area contributed by atoms with Crippen molar-refractivity contribution in [2.75, 3.05) is 5.88 Å². The molecule has 0 saturated heterocycles. The van der Waals surface area contributed by atoms with Crippen molar-refractivity contribution in [3.8, 4) is 0 Å². The van der Waals surface area contributed by atoms with E-state index in [0.717, 1.165) is 25.7 Å². The van der Waals surface area contributed by atoms with Gasteiger partial charge in [-0.15, -0.1) is 11.6 Å². The number of rotatable bonds is 6. The van der Waals surface area contributed by atoms with Gasteiger partial charge in [0.25, 0.3) is 0 Å². The summed E-state index contributed by atoms with van der Waals surface area (Å²) in [6.45, 7) is 4.20. The van der Waals surface area contributed by atoms with Gasteiger partial charge in [0.2, 0.25) is 0 Å². The Morgan fingerprint density at radius 1 is 1.27 bits per heavy atom. The van der Waals surface area contributed by atoms with Crippen LogP contribution in [0.3, 0.4) is 0 Å². The van der Waals surface area contributed by atoms with Crippen molar-refractivity contribution in [2.45, 2.75) is 39.5 Å². The standard InChI is InChI=1S/C9H17ClO/c1-3-5-8(6-4-2)9(11)7-10/h8H,3-7H2,1-2H3. The molecule has 0 aliphatic heterocycles. The van der Waals surface area contributed by atoms with E-state index >= 15 is 0 Å². The fourth-order valence-electron chi connectivity index (χ4n) is 1.27. The molecule has 0 saturated carbocycles. The van der Waals surface area contributed by atoms with E-state index in [4.69, 9.17) is 11.6 Å². The van der Waals surface area contributed by atoms with Crippen molar-refractivity contribution in [1.82, 2.24) is 0 Å². The highest BCUT2D eigenvalue weighted by Gasteiger charge is 2.14. The zero-order valence-electron chi connectivity index (χ0n) is 7.40. The molecule has 0 aromatic rings. The van der Waals surface area contributed by atoms with Gasteiger partial charge in [-0.05, 0) is 12.8 Å². The van der Waals surface area contributed by atoms with Gasteiger partial charge >= 0.3 is 0 Å². The maximum Gasteiger partial charge on any atom is 0.150 e. The maximum atomic E-state index is 11.2. The van der Waals surface area contributed by atoms with Crippen LogP contribution in [0.4, 0.5) is 0 Å². The van der Waals surface area contributed by atoms with Crippen LogP contribution >= 0.6 is 11.6 Å². The molecule has 0 amide bonds. The van der Waals surface area contributed by atoms with Gasteiger partial charge in [-0.25, -0.2) is 0 Å². The van der Waals surface area contributed by atoms with Gasteiger partial charge < -0.3 is 0 Å². The lowest BCUT2D eigenvalue weighted by atomic mass is 9.95. The van der Waals surface area contributed by atoms with E-state index in [1.165, 1.54) is 0 Å². The molecule has 0 heterocycles. The molecule has 11 heavy (non-hydrogen) atoms. The van der Waals surface area contributed by atoms with Crippen molar-refractivity contribution in [3.05, 3.63) is 0 Å². The van der Waals surface area contributed by atoms with Gasteiger partial charge in [-0.3, -0.25) is 4.79 Å². The largest absolute Gasteiger partial charge is 0.298 e. The Morgan fingerprint density at radius 3 is 2.00 bits per heavy atom. The Balaban J connectivity index is 3.76. The first-order valence-electron chi connectivity index (χ1n) is 4.34. The first-order chi connectivity index (χ1) is 5.26. The summed E-state index contributed by atoms with van der Waals surface area (Å²) >= 11 is 5.47. The van der Waals surface area contributed by atoms with Crippen LogP contribution in [0.25, 0.3) is 0 Å². The minimum atomic E-state index is 0.185. The Hall–Kier alpha value is -0.0400. The Morgan fingerprint density at radius 2 is 1.73 bits per heavy atom. The summed E-state index contributed by atoms with van der Waals surface area (Å²) in [6, 6.07) is 0. The van der Waals surface area contributed by atoms with Gasteiger partial charge in [-0.2, -0.15) is 0 Å². The summed E-state index contributed by atoms with van der Waals surface area (Å²) in [5.41, 5.74) is 0. The van der Waals surface area contributed by atoms with E-state index in [1.54, 1.807) is 0 Å². The number of hydrogen-bond acceptors (Lipinski definition) is 1. The maximum absolute atomic E-state index is 11.2. The summed E-state index contributed by atoms with van der Waals surface area (Å²) in [5.74, 6) is 0.628. The minimum absolute atomic E-state index is 0.185. The van der Waals surface area contributed by atoms with Crippen LogP contribution in [-0.2, 0) is 4.79 Å². The van der Waals surface area contributed by atoms with Crippen LogP contribution in [0.15, 0.2) is 0 Å². The molecule has 0 aliphatic carbocycles. The molecule has 2 heteroatoms. The number of alkyl halides is 1. The summed E-state index contributed by atoms with van der Waals surface area (Å²) in [7, 11) is 0. The smallest absolute Gasteiger partial charge is 0.150 e. The molecule has 0 bridgehead atoms. The predicted octanol–water partition coefficient (Wildman–Crippen LogP) is 3.01. The lowest BCUT2D eigenvalue weighted by Gasteiger charge is -2.11. The number of hydrogen-bond donors (Lipinski definition) is 0. The van der Waals surface area contributed by atoms with E-state index in [0.29, 0.717) is 0 Å². The normalized spacial score (nSPS) is 10.5. The molecule has 0 radical (unpaired) electrons. The second-order valence-electron chi connectivity index (χ2n) is 2.87. The van der Waals surface area contributed by atoms with Gasteiger partial charge in [0.1, 0.15) is 0 Å². The van der Waals surface area contributed by atoms with Gasteiger partial charge in [0.05, 0.1) is 5.88 Å². The van der Waals surface area contributed by atoms with E-state index in [9.17, 15) is 4.79 Å². The topological polar surface area (TPSA) is 17.1 Å². The van der Waals surface area contributed by atoms with Crippen LogP contribution in [0.1, 0.15) is 39.5 Å². The second kappa shape index (κ2) is 6.66. The zero-order chi connectivity index (χ0) is 8.69. The van der Waals surface area contributed by atoms with E-state index in [2.05, 4.69) is 13.8 Å². The predicted molar refractivity (Wildman–Crippen MR) is 49.0 cm³/mol. The molecule has 0 aromatic heterocycles. The molecule has 0 unspecified atom stereocenters. The molecule has 1 nitrogen and oxygen atoms in total. The molecular weight excluding hydrogens is 160 g/mol. The monoisotopic (exact) mass is 176 g/mol. The highest BCUT2D eigenvalue weighted by molar-refractivity contribution is 6.27. The van der Waals surface area contributed by atoms with Crippen LogP contribution in [0, 0.1) is 5.92 Å². The fourth-order valence-corrected chi connectivity index (χ4v) is 1.49. The molecule has 0 aliphatic rings. The second-order valence-corrected chi connectivity index (χ2v) is 3.14. The van der Waals surface area contributed by atoms with Crippen molar-refractivity contribution in [1.29, 1.82) is 0 Å². The first-order valence-corrected chi connectivity index (χ1v) is 4.88. The fraction of sp³-hybridized carbons (Fsp3) is 0.889. The molecule has 0 aromatic carbocycles. The minimum Gasteiger partial charge on any atom is -0.298 e. The van der Waals surface area contributed by atoms with Gasteiger partial charge in [-0.1, -0.05) is 26.7 Å². The van der Waals surface area contributed by atoms with Crippen molar-refractivity contribution in [2.24, 2.45) is 5.92 Å². The number of Topliss-reactive ketones (excluding diaryl/α,β-unsaturated/α-hetero) is 1. The van der Waals surface area contributed by atoms with Gasteiger partial charge in [0.15, 0.2) is 5.78 Å². The van der Waals surface area contributed by atoms with Crippen molar-refractivity contribution in [3.63, 3.8) is 0 Å². The average Bonchev–Trinajstić information content (AvgIpc) is 2.03. The van der Waals surface area contributed by atoms with E-state index in [-0.39, 0.29) is 17.6 Å². The molecule has 66 valence electrons. The third kappa shape index (κ3) is 4.41. The average molecular weight is 177 g/mol. The summed E-state index contributed by atoms with van der Waals surface area (Å²) in [6.07, 6.45) is 4.15. The Bertz CT molecular complexity index is 106. The number of carbonyl (C=O) groups is 1. The number of carbonyl (C=O) groups excluding carboxylic acids is 1. The third-order valence-corrected chi connectivity index (χ3v) is 2.12. The summed E-state index contributed by atoms with van der Waals surface area (Å²) < 4.78 is 0. The number of ketones is 1. The third-order valence-electron chi connectivity index (χ3n) is 1.86. The molecule has 0 rings (SSSR count). The van der Waals surface area contributed by atoms with Gasteiger partial charge in [0, 0.05) is 5.92 Å². The van der Waals surface area contributed by atoms with Crippen molar-refractivity contribution >= 4 is 17.4 Å². The molecule has 0 N–H and O–H groups in total. The Labute approximate surface area is 74.1 Å². The quantitative estimate of drug-likeness (QED) is 0.569. The van der Waals surface area contributed by atoms with E-state index in [1.807, 2.05) is 0 Å². The first kappa shape index (κ1) is 11.0. The lowest BCUT2D eigenvalue weighted by Crippen LogP contribution is -2.15. The van der Waals surface area contributed by atoms with Crippen LogP contribution in [-0.4, -0.2) is 11.7 Å². The van der Waals surface area contributed by atoms with Crippen LogP contribution < -0.4 is 0 Å². The van der Waals surface area contributed by atoms with E-state index < -0.39 is 0 Å². The molecule has 0 atom stereocenters. The molecule has 0 spiro atoms. The Kier molecular flexibility index (Phi) is 6.63. The summed E-state index contributed by atoms with van der Waals surface area (Å²) in [4.78, 5) is 11.2. The van der Waals surface area contributed by atoms with Crippen LogP contribution in [0.2, 0.25) is 0 Å². The highest BCUT2D eigenvalue weighted by Crippen LogP contribution is 2.14. The van der Waals surface area contributed by atoms with Crippen LogP contribution in [0.5, 0.6) is 0 Å².